The summed E-state index contributed by atoms with van der Waals surface area (Å²) >= 11 is 0. The number of carbonyl (C=O) groups excluding carboxylic acids is 17. The van der Waals surface area contributed by atoms with E-state index in [0.29, 0.717) is 34.9 Å². The van der Waals surface area contributed by atoms with E-state index in [1.165, 1.54) is 36.4 Å². The van der Waals surface area contributed by atoms with Gasteiger partial charge in [0.15, 0.2) is 5.78 Å². The van der Waals surface area contributed by atoms with Gasteiger partial charge in [-0.25, -0.2) is 4.79 Å². The molecule has 45 nitrogen and oxygen atoms in total. The van der Waals surface area contributed by atoms with Gasteiger partial charge in [0, 0.05) is 59.8 Å². The lowest BCUT2D eigenvalue weighted by molar-refractivity contribution is -0.156. The number of hydrogen-bond donors (Lipinski definition) is 23. The molecule has 1 aromatic heterocycles. The molecule has 4 aromatic rings. The molecular formula is C80H108N18O27. The number of aromatic amines is 1. The number of aliphatic carboxylic acids is 4. The number of cyclic esters (lactones) is 1. The average Bonchev–Trinajstić information content (AvgIpc) is 1.45. The van der Waals surface area contributed by atoms with Gasteiger partial charge in [-0.2, -0.15) is 0 Å². The second kappa shape index (κ2) is 50.3. The van der Waals surface area contributed by atoms with Gasteiger partial charge in [-0.1, -0.05) is 94.8 Å². The number of carboxylic acids is 4. The number of ether oxygens (including phenoxy) is 1. The number of amides is 15. The summed E-state index contributed by atoms with van der Waals surface area (Å²) in [7, 11) is 0. The maximum absolute atomic E-state index is 15.0. The topological polar surface area (TPSA) is 731 Å². The number of rotatable bonds is 37. The molecule has 0 spiro atoms. The highest BCUT2D eigenvalue weighted by Crippen LogP contribution is 2.22. The Morgan fingerprint density at radius 2 is 1.09 bits per heavy atom. The second-order valence-electron chi connectivity index (χ2n) is 29.8. The molecule has 0 saturated carbocycles. The third-order valence-corrected chi connectivity index (χ3v) is 19.7. The minimum absolute atomic E-state index is 0.0294. The van der Waals surface area contributed by atoms with Crippen molar-refractivity contribution < 1.29 is 131 Å². The zero-order valence-electron chi connectivity index (χ0n) is 69.2. The monoisotopic (exact) mass is 1750 g/mol. The molecule has 680 valence electrons. The van der Waals surface area contributed by atoms with Gasteiger partial charge in [0.25, 0.3) is 5.91 Å². The maximum Gasteiger partial charge on any atom is 0.329 e. The molecule has 0 aliphatic carbocycles. The van der Waals surface area contributed by atoms with Gasteiger partial charge in [0.1, 0.15) is 72.6 Å². The molecule has 1 fully saturated rings. The van der Waals surface area contributed by atoms with Crippen LogP contribution in [0.3, 0.4) is 0 Å². The molecule has 26 N–H and O–H groups in total. The fourth-order valence-electron chi connectivity index (χ4n) is 12.9. The van der Waals surface area contributed by atoms with Gasteiger partial charge < -0.3 is 127 Å². The molecule has 1 aliphatic rings. The fraction of sp³-hybridized carbons (Fsp3) is 0.487. The van der Waals surface area contributed by atoms with Crippen LogP contribution in [0.15, 0.2) is 72.9 Å². The number of H-pyrrole nitrogens is 1. The van der Waals surface area contributed by atoms with Crippen LogP contribution in [-0.2, 0) is 102 Å². The number of nitrogens with two attached hydrogens (primary N) is 3. The third-order valence-electron chi connectivity index (χ3n) is 19.7. The molecule has 0 radical (unpaired) electrons. The number of nitrogens with one attached hydrogen (secondary N) is 15. The van der Waals surface area contributed by atoms with Crippen LogP contribution in [0.25, 0.3) is 10.9 Å². The van der Waals surface area contributed by atoms with Gasteiger partial charge in [-0.15, -0.1) is 0 Å². The van der Waals surface area contributed by atoms with E-state index in [1.807, 2.05) is 16.0 Å². The molecule has 1 saturated heterocycles. The van der Waals surface area contributed by atoms with E-state index >= 15 is 0 Å². The number of esters is 1. The Kier molecular flexibility index (Phi) is 40.8. The number of aryl methyl sites for hydroxylation is 1. The summed E-state index contributed by atoms with van der Waals surface area (Å²) in [5.41, 5.74) is 19.2. The Hall–Kier alpha value is -14.2. The number of ketones is 1. The quantitative estimate of drug-likeness (QED) is 0.00880. The predicted octanol–water partition coefficient (Wildman–Crippen LogP) is -4.26. The fourth-order valence-corrected chi connectivity index (χ4v) is 12.9. The van der Waals surface area contributed by atoms with Crippen LogP contribution in [0.2, 0.25) is 0 Å². The molecule has 1 aliphatic heterocycles. The molecule has 2 heterocycles. The Morgan fingerprint density at radius 1 is 0.536 bits per heavy atom. The minimum atomic E-state index is -2.50. The van der Waals surface area contributed by atoms with E-state index in [2.05, 4.69) is 70.4 Å². The van der Waals surface area contributed by atoms with Gasteiger partial charge >= 0.3 is 29.8 Å². The lowest BCUT2D eigenvalue weighted by Crippen LogP contribution is -2.62. The van der Waals surface area contributed by atoms with Gasteiger partial charge in [-0.3, -0.25) is 95.9 Å². The van der Waals surface area contributed by atoms with E-state index in [9.17, 15) is 126 Å². The van der Waals surface area contributed by atoms with Crippen molar-refractivity contribution in [2.75, 3.05) is 37.7 Å². The SMILES string of the molecule is CCCCCCCCCC(=O)N[C@@H](Cc1c[nH]c2ccccc12)C(=O)N[C@@H](CC(N)=O)C(=O)N[C@@H](CC(=O)O)C(=O)NC1C(=O)NCC(=O)N[C@@H](CCCNC(=O)c2cccc(C)c2N)C(=O)NC(CC(=O)O)C(=O)N[C@H](C)C(=O)N[C@@H](CC(=O)O)C(=O)NCC(=O)N[C@H](CO)C(=O)NC([C@H](C)CC(=O)O)C(=O)N[C@@H](CC(=O)c2ccccc2N)C(=O)OC1C. The van der Waals surface area contributed by atoms with E-state index in [-0.39, 0.29) is 48.3 Å². The summed E-state index contributed by atoms with van der Waals surface area (Å²) in [4.78, 5) is 293. The number of fused-ring (bicyclic) bond motifs is 1. The molecule has 13 atom stereocenters. The van der Waals surface area contributed by atoms with Crippen LogP contribution in [-0.4, -0.2) is 254 Å². The van der Waals surface area contributed by atoms with Crippen molar-refractivity contribution in [2.24, 2.45) is 11.7 Å². The van der Waals surface area contributed by atoms with Crippen LogP contribution in [0.1, 0.15) is 162 Å². The first-order chi connectivity index (χ1) is 59.1. The van der Waals surface area contributed by atoms with Crippen LogP contribution in [0.4, 0.5) is 11.4 Å². The Labute approximate surface area is 715 Å². The van der Waals surface area contributed by atoms with Crippen molar-refractivity contribution in [3.63, 3.8) is 0 Å². The van der Waals surface area contributed by atoms with Crippen molar-refractivity contribution in [2.45, 2.75) is 216 Å². The van der Waals surface area contributed by atoms with Crippen LogP contribution in [0.5, 0.6) is 0 Å². The number of aromatic nitrogens is 1. The highest BCUT2D eigenvalue weighted by atomic mass is 16.5. The molecule has 5 rings (SSSR count). The standard InChI is InChI=1S/C80H108N18O27/c1-6-7-8-9-10-11-12-26-59(102)90-50(29-43-35-85-48-24-16-14-20-44(43)48)74(118)93-51(31-58(82)101)75(119)95-54(34-65(111)112)76(120)98-68-42(5)125-80(124)55(30-57(100)45-21-13-15-23-47(45)81)96-79(123)67(40(3)28-62(105)106)97-77(121)56(38-99)91-61(104)36-86-71(115)52(32-63(107)108)92-69(113)41(4)88-73(117)53(33-64(109)110)94-72(116)49(89-60(103)37-87-78(68)122)25-18-27-84-70(114)46-22-17-19-39(2)66(46)83/h13-17,19-24,35,40-42,49-56,67-68,85,99H,6-12,18,25-34,36-38,81,83H2,1-5H3,(H2,82,101)(H,84,114)(H,86,115)(H,87,122)(H,88,117)(H,89,103)(H,90,102)(H,91,104)(H,92,113)(H,93,118)(H,94,116)(H,95,119)(H,96,123)(H,97,121)(H,98,120)(H,105,106)(H,107,108)(H,109,110)(H,111,112)/t40-,41-,42?,49+,50+,51+,52+,53?,54+,55+,56-,67?,68?/m1/s1. The zero-order chi connectivity index (χ0) is 92.9. The third kappa shape index (κ3) is 33.6. The minimum Gasteiger partial charge on any atom is -0.481 e. The van der Waals surface area contributed by atoms with Gasteiger partial charge in [0.2, 0.25) is 82.7 Å². The highest BCUT2D eigenvalue weighted by molar-refractivity contribution is 6.06. The lowest BCUT2D eigenvalue weighted by Gasteiger charge is -2.30. The van der Waals surface area contributed by atoms with Crippen molar-refractivity contribution in [1.29, 1.82) is 0 Å². The normalized spacial score (nSPS) is 20.4. The average molecular weight is 1750 g/mol. The number of carbonyl (C=O) groups is 21. The summed E-state index contributed by atoms with van der Waals surface area (Å²) < 4.78 is 5.72. The van der Waals surface area contributed by atoms with E-state index < -0.39 is 267 Å². The number of unbranched alkanes of at least 4 members (excludes halogenated alkanes) is 6. The predicted molar refractivity (Wildman–Crippen MR) is 439 cm³/mol. The molecule has 125 heavy (non-hydrogen) atoms. The number of hydrogen-bond acceptors (Lipinski definition) is 25. The number of primary amides is 1. The van der Waals surface area contributed by atoms with Crippen LogP contribution in [0, 0.1) is 12.8 Å². The summed E-state index contributed by atoms with van der Waals surface area (Å²) in [6.45, 7) is 2.45. The largest absolute Gasteiger partial charge is 0.481 e. The van der Waals surface area contributed by atoms with E-state index in [0.717, 1.165) is 52.9 Å². The summed E-state index contributed by atoms with van der Waals surface area (Å²) in [5.74, 6) is -31.0. The molecule has 3 aromatic carbocycles. The first kappa shape index (κ1) is 101. The number of anilines is 2. The number of carboxylic acid groups (broad SMARTS) is 4. The van der Waals surface area contributed by atoms with Crippen molar-refractivity contribution in [1.82, 2.24) is 79.4 Å². The number of Topliss-reactive ketones (excluding diaryl/α,β-unsaturated/α-hetero) is 1. The van der Waals surface area contributed by atoms with E-state index in [1.54, 1.807) is 43.5 Å². The number of para-hydroxylation sites is 3. The van der Waals surface area contributed by atoms with Crippen LogP contribution >= 0.6 is 0 Å². The second-order valence-corrected chi connectivity index (χ2v) is 29.8. The lowest BCUT2D eigenvalue weighted by atomic mass is 9.96. The highest BCUT2D eigenvalue weighted by Gasteiger charge is 2.41. The molecule has 15 amide bonds. The van der Waals surface area contributed by atoms with Gasteiger partial charge in [0.05, 0.1) is 57.4 Å². The Balaban J connectivity index is 1.64. The first-order valence-electron chi connectivity index (χ1n) is 40.0. The van der Waals surface area contributed by atoms with Crippen molar-refractivity contribution in [3.05, 3.63) is 95.2 Å². The summed E-state index contributed by atoms with van der Waals surface area (Å²) in [5, 5.41) is 81.8. The van der Waals surface area contributed by atoms with Gasteiger partial charge in [-0.05, 0) is 81.3 Å². The molecule has 0 bridgehead atoms. The Morgan fingerprint density at radius 3 is 1.71 bits per heavy atom. The van der Waals surface area contributed by atoms with Crippen LogP contribution < -0.4 is 91.6 Å². The maximum atomic E-state index is 15.0. The summed E-state index contributed by atoms with van der Waals surface area (Å²) in [6, 6.07) is -6.57. The number of aliphatic hydroxyl groups is 1. The summed E-state index contributed by atoms with van der Waals surface area (Å²) in [6.07, 6.45) is -2.97. The number of benzene rings is 3. The zero-order valence-corrected chi connectivity index (χ0v) is 69.2. The van der Waals surface area contributed by atoms with Crippen molar-refractivity contribution in [3.8, 4) is 0 Å². The van der Waals surface area contributed by atoms with E-state index in [4.69, 9.17) is 21.9 Å². The smallest absolute Gasteiger partial charge is 0.329 e. The first-order valence-corrected chi connectivity index (χ1v) is 40.0. The van der Waals surface area contributed by atoms with Crippen molar-refractivity contribution >= 4 is 147 Å². The Bertz CT molecular complexity index is 4630. The number of nitrogen functional groups attached to an aromatic ring is 2. The molecule has 45 heteroatoms. The molecular weight excluding hydrogens is 1640 g/mol. The number of aliphatic hydroxyl groups excluding tert-OH is 1. The molecule has 4 unspecified atom stereocenters.